The predicted octanol–water partition coefficient (Wildman–Crippen LogP) is 3.58. The molecule has 1 spiro atoms. The molecule has 29 heavy (non-hydrogen) atoms. The summed E-state index contributed by atoms with van der Waals surface area (Å²) >= 11 is 0. The Bertz CT molecular complexity index is 813. The molecule has 0 aromatic heterocycles. The predicted molar refractivity (Wildman–Crippen MR) is 103 cm³/mol. The number of carbonyl (C=O) groups excluding carboxylic acids is 2. The first kappa shape index (κ1) is 19.1. The zero-order chi connectivity index (χ0) is 20.1. The summed E-state index contributed by atoms with van der Waals surface area (Å²) in [4.78, 5) is 26.2. The lowest BCUT2D eigenvalue weighted by atomic mass is 9.51. The van der Waals surface area contributed by atoms with Gasteiger partial charge in [0.2, 0.25) is 0 Å². The summed E-state index contributed by atoms with van der Waals surface area (Å²) in [7, 11) is 0. The van der Waals surface area contributed by atoms with Crippen molar-refractivity contribution >= 4 is 11.9 Å². The highest BCUT2D eigenvalue weighted by atomic mass is 16.7. The second kappa shape index (κ2) is 7.10. The van der Waals surface area contributed by atoms with Gasteiger partial charge in [-0.25, -0.2) is 0 Å². The Balaban J connectivity index is 1.65. The van der Waals surface area contributed by atoms with Crippen LogP contribution in [-0.4, -0.2) is 37.5 Å². The van der Waals surface area contributed by atoms with Crippen molar-refractivity contribution in [2.45, 2.75) is 57.2 Å². The smallest absolute Gasteiger partial charge is 0.319 e. The molecule has 3 fully saturated rings. The molecule has 156 valence electrons. The van der Waals surface area contributed by atoms with Crippen molar-refractivity contribution in [3.05, 3.63) is 29.8 Å². The molecule has 2 aliphatic carbocycles. The molecule has 4 atom stereocenters. The van der Waals surface area contributed by atoms with Crippen molar-refractivity contribution in [2.24, 2.45) is 17.3 Å². The highest BCUT2D eigenvalue weighted by molar-refractivity contribution is 5.88. The topological polar surface area (TPSA) is 71.1 Å². The van der Waals surface area contributed by atoms with E-state index in [-0.39, 0.29) is 36.1 Å². The number of carbonyl (C=O) groups is 2. The maximum absolute atomic E-state index is 13.6. The molecule has 0 radical (unpaired) electrons. The Morgan fingerprint density at radius 3 is 2.69 bits per heavy atom. The number of benzene rings is 1. The highest BCUT2D eigenvalue weighted by Crippen LogP contribution is 2.66. The van der Waals surface area contributed by atoms with Crippen LogP contribution in [0.2, 0.25) is 0 Å². The number of hydrogen-bond donors (Lipinski definition) is 0. The quantitative estimate of drug-likeness (QED) is 0.571. The number of rotatable bonds is 3. The van der Waals surface area contributed by atoms with Crippen molar-refractivity contribution in [1.82, 2.24) is 0 Å². The summed E-state index contributed by atoms with van der Waals surface area (Å²) in [6.07, 6.45) is 4.31. The fourth-order valence-corrected chi connectivity index (χ4v) is 6.42. The van der Waals surface area contributed by atoms with Gasteiger partial charge in [-0.05, 0) is 43.7 Å². The molecule has 0 bridgehead atoms. The first-order chi connectivity index (χ1) is 14.1. The first-order valence-electron chi connectivity index (χ1n) is 10.9. The fraction of sp³-hybridized carbons (Fsp3) is 0.652. The summed E-state index contributed by atoms with van der Waals surface area (Å²) in [5.74, 6) is -0.840. The third-order valence-electron chi connectivity index (χ3n) is 7.45. The molecule has 1 saturated heterocycles. The molecule has 0 amide bonds. The summed E-state index contributed by atoms with van der Waals surface area (Å²) in [6.45, 7) is 3.44. The van der Waals surface area contributed by atoms with E-state index in [0.717, 1.165) is 31.2 Å². The van der Waals surface area contributed by atoms with Crippen LogP contribution in [0, 0.1) is 17.3 Å². The van der Waals surface area contributed by atoms with Crippen molar-refractivity contribution < 1.29 is 28.5 Å². The van der Waals surface area contributed by atoms with Crippen LogP contribution in [0.1, 0.15) is 56.9 Å². The number of esters is 2. The lowest BCUT2D eigenvalue weighted by molar-refractivity contribution is -0.326. The van der Waals surface area contributed by atoms with Gasteiger partial charge in [0.1, 0.15) is 5.75 Å². The molecule has 4 aliphatic rings. The van der Waals surface area contributed by atoms with Crippen LogP contribution >= 0.6 is 0 Å². The van der Waals surface area contributed by atoms with Gasteiger partial charge in [0.25, 0.3) is 0 Å². The fourth-order valence-electron chi connectivity index (χ4n) is 6.42. The monoisotopic (exact) mass is 400 g/mol. The van der Waals surface area contributed by atoms with Crippen LogP contribution in [-0.2, 0) is 23.8 Å². The van der Waals surface area contributed by atoms with Gasteiger partial charge in [-0.1, -0.05) is 24.6 Å². The maximum atomic E-state index is 13.6. The Labute approximate surface area is 170 Å². The molecule has 1 aromatic rings. The van der Waals surface area contributed by atoms with E-state index in [1.54, 1.807) is 6.92 Å². The second-order valence-corrected chi connectivity index (χ2v) is 8.71. The van der Waals surface area contributed by atoms with Gasteiger partial charge in [0, 0.05) is 18.3 Å². The summed E-state index contributed by atoms with van der Waals surface area (Å²) in [5.41, 5.74) is 0.0517. The van der Waals surface area contributed by atoms with Crippen molar-refractivity contribution in [2.75, 3.05) is 19.8 Å². The van der Waals surface area contributed by atoms with E-state index in [2.05, 4.69) is 0 Å². The molecular formula is C23H28O6. The molecule has 6 heteroatoms. The largest absolute Gasteiger partial charge is 0.466 e. The average Bonchev–Trinajstić information content (AvgIpc) is 3.23. The van der Waals surface area contributed by atoms with Gasteiger partial charge >= 0.3 is 11.9 Å². The molecule has 2 saturated carbocycles. The zero-order valence-corrected chi connectivity index (χ0v) is 16.9. The molecule has 2 aliphatic heterocycles. The third kappa shape index (κ3) is 2.76. The van der Waals surface area contributed by atoms with Gasteiger partial charge in [0.15, 0.2) is 5.79 Å². The zero-order valence-electron chi connectivity index (χ0n) is 16.9. The van der Waals surface area contributed by atoms with Gasteiger partial charge in [-0.3, -0.25) is 9.59 Å². The van der Waals surface area contributed by atoms with E-state index in [9.17, 15) is 9.59 Å². The normalized spacial score (nSPS) is 34.7. The van der Waals surface area contributed by atoms with E-state index < -0.39 is 11.2 Å². The molecule has 4 unspecified atom stereocenters. The van der Waals surface area contributed by atoms with Gasteiger partial charge in [-0.2, -0.15) is 0 Å². The van der Waals surface area contributed by atoms with E-state index in [1.807, 2.05) is 24.3 Å². The van der Waals surface area contributed by atoms with E-state index >= 15 is 0 Å². The van der Waals surface area contributed by atoms with Crippen LogP contribution in [0.4, 0.5) is 0 Å². The summed E-state index contributed by atoms with van der Waals surface area (Å²) in [5, 5.41) is 0. The van der Waals surface area contributed by atoms with Crippen molar-refractivity contribution in [3.63, 3.8) is 0 Å². The average molecular weight is 400 g/mol. The van der Waals surface area contributed by atoms with Crippen LogP contribution < -0.4 is 4.74 Å². The number of hydrogen-bond acceptors (Lipinski definition) is 6. The van der Waals surface area contributed by atoms with Gasteiger partial charge < -0.3 is 18.9 Å². The molecule has 1 aromatic carbocycles. The number of para-hydroxylation sites is 1. The Hall–Kier alpha value is -1.92. The summed E-state index contributed by atoms with van der Waals surface area (Å²) in [6, 6.07) is 7.67. The van der Waals surface area contributed by atoms with Crippen LogP contribution in [0.5, 0.6) is 5.75 Å². The third-order valence-corrected chi connectivity index (χ3v) is 7.45. The highest BCUT2D eigenvalue weighted by Gasteiger charge is 2.69. The lowest BCUT2D eigenvalue weighted by Gasteiger charge is -2.58. The standard InChI is InChI=1S/C23H28O6/c1-2-26-20(24)14-22-16-8-5-9-17(16)23(27-11-6-12-28-23)13-18(22)15-7-3-4-10-19(15)29-21(22)25/h3-4,7,10,16-18H,2,5-6,8-9,11-14H2,1H3. The minimum atomic E-state index is -0.919. The minimum absolute atomic E-state index is 0.0235. The van der Waals surface area contributed by atoms with Crippen molar-refractivity contribution in [3.8, 4) is 5.75 Å². The van der Waals surface area contributed by atoms with Crippen LogP contribution in [0.25, 0.3) is 0 Å². The molecule has 0 N–H and O–H groups in total. The Morgan fingerprint density at radius 1 is 1.14 bits per heavy atom. The molecular weight excluding hydrogens is 372 g/mol. The lowest BCUT2D eigenvalue weighted by Crippen LogP contribution is -2.63. The molecule has 5 rings (SSSR count). The second-order valence-electron chi connectivity index (χ2n) is 8.71. The summed E-state index contributed by atoms with van der Waals surface area (Å²) < 4.78 is 23.8. The SMILES string of the molecule is CCOC(=O)CC12C(=O)Oc3ccccc3C1CC1(OCCCO1)C1CCCC12. The molecule has 2 heterocycles. The number of ether oxygens (including phenoxy) is 4. The minimum Gasteiger partial charge on any atom is -0.466 e. The first-order valence-corrected chi connectivity index (χ1v) is 10.9. The van der Waals surface area contributed by atoms with Crippen LogP contribution in [0.15, 0.2) is 24.3 Å². The van der Waals surface area contributed by atoms with Gasteiger partial charge in [0.05, 0.1) is 31.7 Å². The van der Waals surface area contributed by atoms with Crippen molar-refractivity contribution in [1.29, 1.82) is 0 Å². The number of fused-ring (bicyclic) bond motifs is 6. The maximum Gasteiger partial charge on any atom is 0.319 e. The van der Waals surface area contributed by atoms with Gasteiger partial charge in [-0.15, -0.1) is 0 Å². The van der Waals surface area contributed by atoms with E-state index in [4.69, 9.17) is 18.9 Å². The Morgan fingerprint density at radius 2 is 1.90 bits per heavy atom. The van der Waals surface area contributed by atoms with E-state index in [0.29, 0.717) is 32.0 Å². The molecule has 6 nitrogen and oxygen atoms in total. The Kier molecular flexibility index (Phi) is 4.67. The van der Waals surface area contributed by atoms with E-state index in [1.165, 1.54) is 0 Å². The van der Waals surface area contributed by atoms with Crippen LogP contribution in [0.3, 0.4) is 0 Å².